The van der Waals surface area contributed by atoms with Gasteiger partial charge in [0.25, 0.3) is 0 Å². The molecule has 0 aliphatic heterocycles. The molecular formula is C14H18Cl2N2O3S. The minimum Gasteiger partial charge on any atom is -0.354 e. The van der Waals surface area contributed by atoms with Gasteiger partial charge in [-0.3, -0.25) is 9.10 Å². The first kappa shape index (κ1) is 17.4. The molecule has 0 aromatic heterocycles. The highest BCUT2D eigenvalue weighted by molar-refractivity contribution is 7.92. The van der Waals surface area contributed by atoms with Gasteiger partial charge in [-0.1, -0.05) is 29.6 Å². The lowest BCUT2D eigenvalue weighted by atomic mass is 9.85. The van der Waals surface area contributed by atoms with Crippen LogP contribution in [0.2, 0.25) is 10.0 Å². The molecular weight excluding hydrogens is 347 g/mol. The number of rotatable bonds is 6. The first-order valence-electron chi connectivity index (χ1n) is 6.99. The van der Waals surface area contributed by atoms with Crippen LogP contribution in [0.15, 0.2) is 18.2 Å². The lowest BCUT2D eigenvalue weighted by Gasteiger charge is -2.26. The van der Waals surface area contributed by atoms with Crippen molar-refractivity contribution in [3.63, 3.8) is 0 Å². The Kier molecular flexibility index (Phi) is 5.58. The van der Waals surface area contributed by atoms with E-state index in [4.69, 9.17) is 23.2 Å². The van der Waals surface area contributed by atoms with Crippen LogP contribution in [0.3, 0.4) is 0 Å². The lowest BCUT2D eigenvalue weighted by Crippen LogP contribution is -2.41. The summed E-state index contributed by atoms with van der Waals surface area (Å²) >= 11 is 12.0. The third kappa shape index (κ3) is 4.27. The number of anilines is 1. The number of carbonyl (C=O) groups is 1. The molecule has 8 heteroatoms. The quantitative estimate of drug-likeness (QED) is 0.843. The van der Waals surface area contributed by atoms with Crippen LogP contribution in [0.25, 0.3) is 0 Å². The van der Waals surface area contributed by atoms with E-state index in [1.54, 1.807) is 12.1 Å². The molecule has 0 bridgehead atoms. The van der Waals surface area contributed by atoms with Crippen LogP contribution >= 0.6 is 23.2 Å². The van der Waals surface area contributed by atoms with Gasteiger partial charge in [0.15, 0.2) is 0 Å². The van der Waals surface area contributed by atoms with Crippen molar-refractivity contribution in [2.45, 2.75) is 19.3 Å². The molecule has 1 amide bonds. The van der Waals surface area contributed by atoms with Crippen molar-refractivity contribution in [2.75, 3.05) is 23.7 Å². The summed E-state index contributed by atoms with van der Waals surface area (Å²) in [7, 11) is -3.53. The zero-order chi connectivity index (χ0) is 16.3. The SMILES string of the molecule is CS(=O)(=O)N(CCNC(=O)C1CCC1)c1cc(Cl)ccc1Cl. The van der Waals surface area contributed by atoms with Crippen LogP contribution in [-0.2, 0) is 14.8 Å². The molecule has 2 rings (SSSR count). The van der Waals surface area contributed by atoms with E-state index < -0.39 is 10.0 Å². The summed E-state index contributed by atoms with van der Waals surface area (Å²) in [5.74, 6) is 0.0540. The molecule has 1 aromatic carbocycles. The lowest BCUT2D eigenvalue weighted by molar-refractivity contribution is -0.127. The minimum absolute atomic E-state index is 0.0168. The Morgan fingerprint density at radius 3 is 2.59 bits per heavy atom. The molecule has 122 valence electrons. The number of amides is 1. The van der Waals surface area contributed by atoms with Gasteiger partial charge in [0, 0.05) is 17.5 Å². The van der Waals surface area contributed by atoms with E-state index in [-0.39, 0.29) is 24.9 Å². The molecule has 1 saturated carbocycles. The Morgan fingerprint density at radius 1 is 1.36 bits per heavy atom. The standard InChI is InChI=1S/C14H18Cl2N2O3S/c1-22(20,21)18(13-9-11(15)5-6-12(13)16)8-7-17-14(19)10-3-2-4-10/h5-6,9-10H,2-4,7-8H2,1H3,(H,17,19). The van der Waals surface area contributed by atoms with Crippen molar-refractivity contribution in [3.05, 3.63) is 28.2 Å². The summed E-state index contributed by atoms with van der Waals surface area (Å²) < 4.78 is 25.1. The molecule has 1 aliphatic rings. The van der Waals surface area contributed by atoms with E-state index in [1.165, 1.54) is 6.07 Å². The summed E-state index contributed by atoms with van der Waals surface area (Å²) in [5, 5.41) is 3.46. The van der Waals surface area contributed by atoms with Crippen LogP contribution in [-0.4, -0.2) is 33.7 Å². The van der Waals surface area contributed by atoms with Crippen molar-refractivity contribution in [1.82, 2.24) is 5.32 Å². The fourth-order valence-electron chi connectivity index (χ4n) is 2.24. The maximum absolute atomic E-state index is 12.0. The molecule has 0 heterocycles. The van der Waals surface area contributed by atoms with E-state index in [9.17, 15) is 13.2 Å². The monoisotopic (exact) mass is 364 g/mol. The third-order valence-electron chi connectivity index (χ3n) is 3.67. The molecule has 0 radical (unpaired) electrons. The number of hydrogen-bond acceptors (Lipinski definition) is 3. The highest BCUT2D eigenvalue weighted by atomic mass is 35.5. The number of halogens is 2. The Labute approximate surface area is 140 Å². The zero-order valence-corrected chi connectivity index (χ0v) is 14.5. The van der Waals surface area contributed by atoms with Crippen molar-refractivity contribution in [2.24, 2.45) is 5.92 Å². The second kappa shape index (κ2) is 7.06. The molecule has 0 atom stereocenters. The minimum atomic E-state index is -3.53. The topological polar surface area (TPSA) is 66.5 Å². The molecule has 0 spiro atoms. The number of benzene rings is 1. The van der Waals surface area contributed by atoms with E-state index >= 15 is 0 Å². The summed E-state index contributed by atoms with van der Waals surface area (Å²) in [6.07, 6.45) is 3.98. The van der Waals surface area contributed by atoms with Crippen molar-refractivity contribution in [1.29, 1.82) is 0 Å². The van der Waals surface area contributed by atoms with Crippen LogP contribution in [0, 0.1) is 5.92 Å². The smallest absolute Gasteiger partial charge is 0.232 e. The Hall–Kier alpha value is -0.980. The number of nitrogens with one attached hydrogen (secondary N) is 1. The zero-order valence-electron chi connectivity index (χ0n) is 12.2. The van der Waals surface area contributed by atoms with E-state index in [2.05, 4.69) is 5.32 Å². The number of nitrogens with zero attached hydrogens (tertiary/aromatic N) is 1. The van der Waals surface area contributed by atoms with E-state index in [0.29, 0.717) is 15.7 Å². The van der Waals surface area contributed by atoms with Crippen LogP contribution in [0.4, 0.5) is 5.69 Å². The van der Waals surface area contributed by atoms with Crippen molar-refractivity contribution >= 4 is 44.8 Å². The number of carbonyl (C=O) groups excluding carboxylic acids is 1. The van der Waals surface area contributed by atoms with Gasteiger partial charge in [0.05, 0.1) is 23.5 Å². The second-order valence-electron chi connectivity index (χ2n) is 5.35. The summed E-state index contributed by atoms with van der Waals surface area (Å²) in [6.45, 7) is 0.336. The van der Waals surface area contributed by atoms with Gasteiger partial charge >= 0.3 is 0 Å². The van der Waals surface area contributed by atoms with Crippen LogP contribution < -0.4 is 9.62 Å². The maximum atomic E-state index is 12.0. The molecule has 1 fully saturated rings. The number of hydrogen-bond donors (Lipinski definition) is 1. The Morgan fingerprint density at radius 2 is 2.05 bits per heavy atom. The van der Waals surface area contributed by atoms with Gasteiger partial charge in [0.1, 0.15) is 0 Å². The molecule has 0 unspecified atom stereocenters. The molecule has 1 aliphatic carbocycles. The largest absolute Gasteiger partial charge is 0.354 e. The number of sulfonamides is 1. The van der Waals surface area contributed by atoms with Gasteiger partial charge in [-0.15, -0.1) is 0 Å². The fourth-order valence-corrected chi connectivity index (χ4v) is 3.60. The maximum Gasteiger partial charge on any atom is 0.232 e. The average molecular weight is 365 g/mol. The molecule has 0 saturated heterocycles. The molecule has 1 aromatic rings. The van der Waals surface area contributed by atoms with Gasteiger partial charge in [-0.25, -0.2) is 8.42 Å². The van der Waals surface area contributed by atoms with Crippen LogP contribution in [0.5, 0.6) is 0 Å². The fraction of sp³-hybridized carbons (Fsp3) is 0.500. The Balaban J connectivity index is 2.07. The van der Waals surface area contributed by atoms with Crippen LogP contribution in [0.1, 0.15) is 19.3 Å². The average Bonchev–Trinajstić information content (AvgIpc) is 2.34. The van der Waals surface area contributed by atoms with E-state index in [1.807, 2.05) is 0 Å². The Bertz CT molecular complexity index is 660. The molecule has 1 N–H and O–H groups in total. The highest BCUT2D eigenvalue weighted by Crippen LogP contribution is 2.30. The van der Waals surface area contributed by atoms with E-state index in [0.717, 1.165) is 29.8 Å². The predicted octanol–water partition coefficient (Wildman–Crippen LogP) is 2.68. The summed E-state index contributed by atoms with van der Waals surface area (Å²) in [5.41, 5.74) is 0.314. The molecule has 5 nitrogen and oxygen atoms in total. The normalized spacial score (nSPS) is 15.2. The predicted molar refractivity (Wildman–Crippen MR) is 89.0 cm³/mol. The summed E-state index contributed by atoms with van der Waals surface area (Å²) in [6, 6.07) is 4.63. The van der Waals surface area contributed by atoms with Gasteiger partial charge in [0.2, 0.25) is 15.9 Å². The van der Waals surface area contributed by atoms with Crippen molar-refractivity contribution in [3.8, 4) is 0 Å². The first-order valence-corrected chi connectivity index (χ1v) is 9.60. The first-order chi connectivity index (χ1) is 10.3. The van der Waals surface area contributed by atoms with Crippen molar-refractivity contribution < 1.29 is 13.2 Å². The highest BCUT2D eigenvalue weighted by Gasteiger charge is 2.25. The van der Waals surface area contributed by atoms with Gasteiger partial charge in [-0.2, -0.15) is 0 Å². The summed E-state index contributed by atoms with van der Waals surface area (Å²) in [4.78, 5) is 11.8. The second-order valence-corrected chi connectivity index (χ2v) is 8.10. The molecule has 22 heavy (non-hydrogen) atoms. The van der Waals surface area contributed by atoms with Gasteiger partial charge < -0.3 is 5.32 Å². The van der Waals surface area contributed by atoms with Gasteiger partial charge in [-0.05, 0) is 31.0 Å². The third-order valence-corrected chi connectivity index (χ3v) is 5.40.